The Morgan fingerprint density at radius 2 is 1.55 bits per heavy atom. The summed E-state index contributed by atoms with van der Waals surface area (Å²) in [5.74, 6) is 1.26. The first-order chi connectivity index (χ1) is 10.9. The van der Waals surface area contributed by atoms with E-state index < -0.39 is 0 Å². The van der Waals surface area contributed by atoms with E-state index in [1.165, 1.54) is 61.4 Å². The second-order valence-electron chi connectivity index (χ2n) is 6.06. The molecule has 22 heavy (non-hydrogen) atoms. The van der Waals surface area contributed by atoms with E-state index in [2.05, 4.69) is 58.5 Å². The van der Waals surface area contributed by atoms with Gasteiger partial charge >= 0.3 is 0 Å². The molecule has 0 bridgehead atoms. The van der Waals surface area contributed by atoms with Crippen molar-refractivity contribution < 1.29 is 0 Å². The quantitative estimate of drug-likeness (QED) is 0.807. The van der Waals surface area contributed by atoms with Gasteiger partial charge in [0.1, 0.15) is 0 Å². The second-order valence-corrected chi connectivity index (χ2v) is 7.05. The molecule has 0 amide bonds. The molecule has 0 unspecified atom stereocenters. The third-order valence-corrected chi connectivity index (χ3v) is 5.24. The van der Waals surface area contributed by atoms with Gasteiger partial charge in [0.05, 0.1) is 0 Å². The average Bonchev–Trinajstić information content (AvgIpc) is 2.59. The van der Waals surface area contributed by atoms with Crippen LogP contribution in [0.2, 0.25) is 0 Å². The molecule has 0 spiro atoms. The first kappa shape index (κ1) is 15.9. The molecule has 1 saturated heterocycles. The Balaban J connectivity index is 1.53. The fourth-order valence-electron chi connectivity index (χ4n) is 3.25. The number of fused-ring (bicyclic) bond motifs is 1. The Bertz CT molecular complexity index is 586. The predicted molar refractivity (Wildman–Crippen MR) is 98.9 cm³/mol. The van der Waals surface area contributed by atoms with Crippen LogP contribution >= 0.6 is 11.8 Å². The van der Waals surface area contributed by atoms with Crippen LogP contribution in [0, 0.1) is 0 Å². The zero-order valence-corrected chi connectivity index (χ0v) is 14.3. The van der Waals surface area contributed by atoms with Gasteiger partial charge in [-0.1, -0.05) is 42.5 Å². The summed E-state index contributed by atoms with van der Waals surface area (Å²) in [5, 5.41) is 2.78. The maximum Gasteiger partial charge on any atom is 0.0110 e. The highest BCUT2D eigenvalue weighted by Gasteiger charge is 2.16. The van der Waals surface area contributed by atoms with Crippen LogP contribution in [0.3, 0.4) is 0 Å². The highest BCUT2D eigenvalue weighted by atomic mass is 32.2. The Labute approximate surface area is 138 Å². The van der Waals surface area contributed by atoms with Crippen molar-refractivity contribution in [3.8, 4) is 0 Å². The third-order valence-electron chi connectivity index (χ3n) is 4.65. The monoisotopic (exact) mass is 314 g/mol. The summed E-state index contributed by atoms with van der Waals surface area (Å²) >= 11 is 1.95. The molecule has 2 aromatic rings. The Hall–Kier alpha value is -1.03. The van der Waals surface area contributed by atoms with Gasteiger partial charge in [-0.15, -0.1) is 0 Å². The summed E-state index contributed by atoms with van der Waals surface area (Å²) < 4.78 is 0. The van der Waals surface area contributed by atoms with Gasteiger partial charge in [0, 0.05) is 45.0 Å². The molecule has 1 heterocycles. The van der Waals surface area contributed by atoms with E-state index >= 15 is 0 Å². The van der Waals surface area contributed by atoms with Crippen LogP contribution in [-0.2, 0) is 6.42 Å². The predicted octanol–water partition coefficient (Wildman–Crippen LogP) is 3.36. The SMILES string of the molecule is CSCCN1CCN(CCc2cccc3ccccc23)CC1. The van der Waals surface area contributed by atoms with E-state index in [1.54, 1.807) is 0 Å². The molecular formula is C19H26N2S. The Morgan fingerprint density at radius 1 is 0.864 bits per heavy atom. The molecule has 0 radical (unpaired) electrons. The van der Waals surface area contributed by atoms with Crippen LogP contribution in [0.1, 0.15) is 5.56 Å². The number of nitrogens with zero attached hydrogens (tertiary/aromatic N) is 2. The lowest BCUT2D eigenvalue weighted by molar-refractivity contribution is 0.139. The standard InChI is InChI=1S/C19H26N2S/c1-22-16-15-21-13-11-20(12-14-21)10-9-18-7-4-6-17-5-2-3-8-19(17)18/h2-8H,9-16H2,1H3. The molecule has 1 fully saturated rings. The van der Waals surface area contributed by atoms with E-state index in [0.717, 1.165) is 6.42 Å². The van der Waals surface area contributed by atoms with Crippen molar-refractivity contribution >= 4 is 22.5 Å². The van der Waals surface area contributed by atoms with E-state index in [1.807, 2.05) is 11.8 Å². The van der Waals surface area contributed by atoms with Crippen LogP contribution in [0.5, 0.6) is 0 Å². The normalized spacial score (nSPS) is 17.1. The minimum absolute atomic E-state index is 1.16. The number of hydrogen-bond acceptors (Lipinski definition) is 3. The number of thioether (sulfide) groups is 1. The molecule has 3 heteroatoms. The topological polar surface area (TPSA) is 6.48 Å². The summed E-state index contributed by atoms with van der Waals surface area (Å²) in [6, 6.07) is 15.4. The molecule has 0 aromatic heterocycles. The highest BCUT2D eigenvalue weighted by molar-refractivity contribution is 7.98. The fraction of sp³-hybridized carbons (Fsp3) is 0.474. The van der Waals surface area contributed by atoms with Crippen molar-refractivity contribution in [3.63, 3.8) is 0 Å². The maximum absolute atomic E-state index is 2.62. The molecule has 1 aliphatic heterocycles. The average molecular weight is 314 g/mol. The lowest BCUT2D eigenvalue weighted by Crippen LogP contribution is -2.47. The first-order valence-electron chi connectivity index (χ1n) is 8.27. The van der Waals surface area contributed by atoms with E-state index in [-0.39, 0.29) is 0 Å². The first-order valence-corrected chi connectivity index (χ1v) is 9.66. The van der Waals surface area contributed by atoms with E-state index in [0.29, 0.717) is 0 Å². The van der Waals surface area contributed by atoms with Crippen molar-refractivity contribution in [2.75, 3.05) is 51.3 Å². The minimum Gasteiger partial charge on any atom is -0.300 e. The van der Waals surface area contributed by atoms with Crippen LogP contribution in [-0.4, -0.2) is 61.1 Å². The molecule has 0 saturated carbocycles. The lowest BCUT2D eigenvalue weighted by Gasteiger charge is -2.34. The summed E-state index contributed by atoms with van der Waals surface area (Å²) in [7, 11) is 0. The van der Waals surface area contributed by atoms with E-state index in [9.17, 15) is 0 Å². The third kappa shape index (κ3) is 4.03. The number of rotatable bonds is 6. The smallest absolute Gasteiger partial charge is 0.0110 e. The molecule has 1 aliphatic rings. The zero-order valence-electron chi connectivity index (χ0n) is 13.5. The largest absolute Gasteiger partial charge is 0.300 e. The van der Waals surface area contributed by atoms with Gasteiger partial charge in [0.2, 0.25) is 0 Å². The van der Waals surface area contributed by atoms with Gasteiger partial charge in [-0.05, 0) is 29.0 Å². The van der Waals surface area contributed by atoms with Crippen LogP contribution < -0.4 is 0 Å². The van der Waals surface area contributed by atoms with Crippen molar-refractivity contribution in [1.29, 1.82) is 0 Å². The summed E-state index contributed by atoms with van der Waals surface area (Å²) in [4.78, 5) is 5.22. The van der Waals surface area contributed by atoms with Gasteiger partial charge < -0.3 is 4.90 Å². The molecular weight excluding hydrogens is 288 g/mol. The number of benzene rings is 2. The fourth-order valence-corrected chi connectivity index (χ4v) is 3.69. The molecule has 0 aliphatic carbocycles. The highest BCUT2D eigenvalue weighted by Crippen LogP contribution is 2.19. The maximum atomic E-state index is 2.62. The summed E-state index contributed by atoms with van der Waals surface area (Å²) in [6.07, 6.45) is 3.35. The van der Waals surface area contributed by atoms with Crippen molar-refractivity contribution in [2.45, 2.75) is 6.42 Å². The Morgan fingerprint density at radius 3 is 2.32 bits per heavy atom. The van der Waals surface area contributed by atoms with Gasteiger partial charge in [-0.2, -0.15) is 11.8 Å². The van der Waals surface area contributed by atoms with Crippen LogP contribution in [0.25, 0.3) is 10.8 Å². The van der Waals surface area contributed by atoms with Crippen molar-refractivity contribution in [3.05, 3.63) is 48.0 Å². The van der Waals surface area contributed by atoms with Crippen molar-refractivity contribution in [1.82, 2.24) is 9.80 Å². The number of piperazine rings is 1. The Kier molecular flexibility index (Phi) is 5.76. The number of hydrogen-bond donors (Lipinski definition) is 0. The minimum atomic E-state index is 1.16. The van der Waals surface area contributed by atoms with Gasteiger partial charge in [0.15, 0.2) is 0 Å². The summed E-state index contributed by atoms with van der Waals surface area (Å²) in [5.41, 5.74) is 1.49. The summed E-state index contributed by atoms with van der Waals surface area (Å²) in [6.45, 7) is 7.34. The van der Waals surface area contributed by atoms with Crippen LogP contribution in [0.15, 0.2) is 42.5 Å². The molecule has 118 valence electrons. The lowest BCUT2D eigenvalue weighted by atomic mass is 10.0. The molecule has 0 atom stereocenters. The molecule has 2 aromatic carbocycles. The van der Waals surface area contributed by atoms with Gasteiger partial charge in [-0.3, -0.25) is 4.90 Å². The van der Waals surface area contributed by atoms with Gasteiger partial charge in [-0.25, -0.2) is 0 Å². The molecule has 2 nitrogen and oxygen atoms in total. The zero-order chi connectivity index (χ0) is 15.2. The van der Waals surface area contributed by atoms with Gasteiger partial charge in [0.25, 0.3) is 0 Å². The molecule has 0 N–H and O–H groups in total. The van der Waals surface area contributed by atoms with Crippen LogP contribution in [0.4, 0.5) is 0 Å². The van der Waals surface area contributed by atoms with Crippen molar-refractivity contribution in [2.24, 2.45) is 0 Å². The molecule has 3 rings (SSSR count). The second kappa shape index (κ2) is 8.00. The van der Waals surface area contributed by atoms with E-state index in [4.69, 9.17) is 0 Å².